The number of carbonyl (C=O) groups is 1. The molecule has 154 valence electrons. The molecule has 1 amide bonds. The van der Waals surface area contributed by atoms with Crippen molar-refractivity contribution in [1.82, 2.24) is 5.32 Å². The summed E-state index contributed by atoms with van der Waals surface area (Å²) in [4.78, 5) is 14.6. The summed E-state index contributed by atoms with van der Waals surface area (Å²) in [5.74, 6) is -0.330. The van der Waals surface area contributed by atoms with Gasteiger partial charge in [0, 0.05) is 19.0 Å². The van der Waals surface area contributed by atoms with Crippen LogP contribution in [0.2, 0.25) is 0 Å². The van der Waals surface area contributed by atoms with Crippen LogP contribution in [0.1, 0.15) is 37.7 Å². The molecule has 1 aromatic rings. The van der Waals surface area contributed by atoms with Crippen LogP contribution in [0.15, 0.2) is 18.2 Å². The Balaban J connectivity index is 0.00000182. The van der Waals surface area contributed by atoms with E-state index in [4.69, 9.17) is 0 Å². The summed E-state index contributed by atoms with van der Waals surface area (Å²) in [5, 5.41) is 5.97. The van der Waals surface area contributed by atoms with Crippen molar-refractivity contribution in [3.05, 3.63) is 23.8 Å². The maximum atomic E-state index is 13.1. The first-order chi connectivity index (χ1) is 11.9. The van der Waals surface area contributed by atoms with Gasteiger partial charge in [0.2, 0.25) is 5.91 Å². The van der Waals surface area contributed by atoms with Crippen molar-refractivity contribution in [3.8, 4) is 0 Å². The van der Waals surface area contributed by atoms with E-state index in [0.717, 1.165) is 57.6 Å². The number of amides is 1. The van der Waals surface area contributed by atoms with Crippen molar-refractivity contribution in [2.45, 2.75) is 38.3 Å². The fourth-order valence-corrected chi connectivity index (χ4v) is 3.54. The molecular formula is C18H26Cl2F3N3O. The third-order valence-electron chi connectivity index (χ3n) is 4.99. The standard InChI is InChI=1S/C18H24F3N3O.2ClH/c19-18(20,21)14-4-5-16(24-10-2-1-3-11-24)15(12-14)23-17(25)13-6-8-22-9-7-13;;/h4-5,12-13,22H,1-3,6-11H2,(H,23,25);2*1H. The normalized spacial score (nSPS) is 18.3. The lowest BCUT2D eigenvalue weighted by Crippen LogP contribution is -2.35. The summed E-state index contributed by atoms with van der Waals surface area (Å²) in [7, 11) is 0. The zero-order valence-electron chi connectivity index (χ0n) is 15.0. The Bertz CT molecular complexity index is 616. The van der Waals surface area contributed by atoms with Gasteiger partial charge in [-0.25, -0.2) is 0 Å². The molecule has 2 aliphatic heterocycles. The number of halogens is 5. The smallest absolute Gasteiger partial charge is 0.370 e. The zero-order valence-corrected chi connectivity index (χ0v) is 16.6. The van der Waals surface area contributed by atoms with Crippen LogP contribution in [0.4, 0.5) is 24.5 Å². The molecule has 27 heavy (non-hydrogen) atoms. The molecule has 0 unspecified atom stereocenters. The molecule has 0 atom stereocenters. The first-order valence-corrected chi connectivity index (χ1v) is 8.93. The minimum atomic E-state index is -4.42. The van der Waals surface area contributed by atoms with Crippen LogP contribution >= 0.6 is 24.8 Å². The van der Waals surface area contributed by atoms with Gasteiger partial charge >= 0.3 is 6.18 Å². The number of rotatable bonds is 3. The SMILES string of the molecule is Cl.Cl.O=C(Nc1cc(C(F)(F)F)ccc1N1CCCCC1)C1CCNCC1. The Hall–Kier alpha value is -1.18. The topological polar surface area (TPSA) is 44.4 Å². The highest BCUT2D eigenvalue weighted by Crippen LogP contribution is 2.36. The fourth-order valence-electron chi connectivity index (χ4n) is 3.54. The summed E-state index contributed by atoms with van der Waals surface area (Å²) in [5.41, 5.74) is 0.240. The van der Waals surface area contributed by atoms with E-state index >= 15 is 0 Å². The van der Waals surface area contributed by atoms with Gasteiger partial charge in [0.1, 0.15) is 0 Å². The first-order valence-electron chi connectivity index (χ1n) is 8.93. The second-order valence-corrected chi connectivity index (χ2v) is 6.79. The van der Waals surface area contributed by atoms with E-state index in [2.05, 4.69) is 15.5 Å². The van der Waals surface area contributed by atoms with Gasteiger partial charge in [0.15, 0.2) is 0 Å². The molecule has 3 rings (SSSR count). The van der Waals surface area contributed by atoms with Crippen LogP contribution in [0.5, 0.6) is 0 Å². The van der Waals surface area contributed by atoms with Gasteiger partial charge in [-0.3, -0.25) is 4.79 Å². The average molecular weight is 428 g/mol. The first kappa shape index (κ1) is 23.9. The summed E-state index contributed by atoms with van der Waals surface area (Å²) in [6.07, 6.45) is 0.168. The third kappa shape index (κ3) is 6.16. The number of carbonyl (C=O) groups excluding carboxylic acids is 1. The van der Waals surface area contributed by atoms with Crippen molar-refractivity contribution < 1.29 is 18.0 Å². The van der Waals surface area contributed by atoms with E-state index in [1.165, 1.54) is 6.07 Å². The molecule has 0 aromatic heterocycles. The number of nitrogens with zero attached hydrogens (tertiary/aromatic N) is 1. The molecule has 2 N–H and O–H groups in total. The Morgan fingerprint density at radius 3 is 2.30 bits per heavy atom. The van der Waals surface area contributed by atoms with Crippen LogP contribution in [-0.2, 0) is 11.0 Å². The molecule has 2 aliphatic rings. The second kappa shape index (κ2) is 10.4. The van der Waals surface area contributed by atoms with Crippen LogP contribution < -0.4 is 15.5 Å². The van der Waals surface area contributed by atoms with E-state index in [0.29, 0.717) is 18.5 Å². The highest BCUT2D eigenvalue weighted by atomic mass is 35.5. The Morgan fingerprint density at radius 1 is 1.07 bits per heavy atom. The molecule has 2 heterocycles. The number of alkyl halides is 3. The van der Waals surface area contributed by atoms with Gasteiger partial charge in [-0.1, -0.05) is 0 Å². The van der Waals surface area contributed by atoms with Crippen molar-refractivity contribution in [1.29, 1.82) is 0 Å². The highest BCUT2D eigenvalue weighted by molar-refractivity contribution is 5.96. The fraction of sp³-hybridized carbons (Fsp3) is 0.611. The molecule has 4 nitrogen and oxygen atoms in total. The molecular weight excluding hydrogens is 402 g/mol. The van der Waals surface area contributed by atoms with Crippen molar-refractivity contribution in [3.63, 3.8) is 0 Å². The van der Waals surface area contributed by atoms with Crippen LogP contribution in [0, 0.1) is 5.92 Å². The summed E-state index contributed by atoms with van der Waals surface area (Å²) < 4.78 is 39.3. The molecule has 1 aromatic carbocycles. The predicted octanol–water partition coefficient (Wildman–Crippen LogP) is 4.48. The van der Waals surface area contributed by atoms with Gasteiger partial charge in [-0.2, -0.15) is 13.2 Å². The maximum Gasteiger partial charge on any atom is 0.416 e. The number of piperidine rings is 2. The lowest BCUT2D eigenvalue weighted by atomic mass is 9.97. The molecule has 0 bridgehead atoms. The van der Waals surface area contributed by atoms with Crippen molar-refractivity contribution in [2.24, 2.45) is 5.92 Å². The van der Waals surface area contributed by atoms with Crippen LogP contribution in [-0.4, -0.2) is 32.1 Å². The highest BCUT2D eigenvalue weighted by Gasteiger charge is 2.32. The number of hydrogen-bond acceptors (Lipinski definition) is 3. The van der Waals surface area contributed by atoms with Gasteiger partial charge in [0.05, 0.1) is 16.9 Å². The lowest BCUT2D eigenvalue weighted by molar-refractivity contribution is -0.137. The molecule has 9 heteroatoms. The molecule has 2 saturated heterocycles. The van der Waals surface area contributed by atoms with Crippen LogP contribution in [0.25, 0.3) is 0 Å². The maximum absolute atomic E-state index is 13.1. The molecule has 0 spiro atoms. The van der Waals surface area contributed by atoms with Crippen molar-refractivity contribution >= 4 is 42.1 Å². The monoisotopic (exact) mass is 427 g/mol. The van der Waals surface area contributed by atoms with E-state index in [1.807, 2.05) is 0 Å². The lowest BCUT2D eigenvalue weighted by Gasteiger charge is -2.31. The Labute approximate surface area is 170 Å². The number of nitrogens with one attached hydrogen (secondary N) is 2. The third-order valence-corrected chi connectivity index (χ3v) is 4.99. The number of hydrogen-bond donors (Lipinski definition) is 2. The Morgan fingerprint density at radius 2 is 1.70 bits per heavy atom. The van der Waals surface area contributed by atoms with Gasteiger partial charge < -0.3 is 15.5 Å². The summed E-state index contributed by atoms with van der Waals surface area (Å²) in [6, 6.07) is 3.67. The average Bonchev–Trinajstić information content (AvgIpc) is 2.62. The largest absolute Gasteiger partial charge is 0.416 e. The van der Waals surface area contributed by atoms with Gasteiger partial charge in [0.25, 0.3) is 0 Å². The Kier molecular flexibility index (Phi) is 9.18. The summed E-state index contributed by atoms with van der Waals surface area (Å²) in [6.45, 7) is 3.14. The number of benzene rings is 1. The number of anilines is 2. The van der Waals surface area contributed by atoms with Gasteiger partial charge in [-0.05, 0) is 63.4 Å². The minimum Gasteiger partial charge on any atom is -0.370 e. The zero-order chi connectivity index (χ0) is 17.9. The van der Waals surface area contributed by atoms with Crippen LogP contribution in [0.3, 0.4) is 0 Å². The minimum absolute atomic E-state index is 0. The van der Waals surface area contributed by atoms with E-state index in [-0.39, 0.29) is 42.3 Å². The molecule has 0 aliphatic carbocycles. The molecule has 0 radical (unpaired) electrons. The molecule has 2 fully saturated rings. The van der Waals surface area contributed by atoms with E-state index in [1.54, 1.807) is 0 Å². The van der Waals surface area contributed by atoms with Crippen molar-refractivity contribution in [2.75, 3.05) is 36.4 Å². The second-order valence-electron chi connectivity index (χ2n) is 6.79. The quantitative estimate of drug-likeness (QED) is 0.747. The van der Waals surface area contributed by atoms with E-state index in [9.17, 15) is 18.0 Å². The van der Waals surface area contributed by atoms with Gasteiger partial charge in [-0.15, -0.1) is 24.8 Å². The predicted molar refractivity (Wildman–Crippen MR) is 106 cm³/mol. The van der Waals surface area contributed by atoms with E-state index < -0.39 is 11.7 Å². The molecule has 0 saturated carbocycles. The summed E-state index contributed by atoms with van der Waals surface area (Å²) >= 11 is 0.